The molecule has 1 aliphatic rings. The summed E-state index contributed by atoms with van der Waals surface area (Å²) in [6, 6.07) is 7.41. The minimum Gasteiger partial charge on any atom is -0.497 e. The van der Waals surface area contributed by atoms with Gasteiger partial charge in [0.15, 0.2) is 0 Å². The van der Waals surface area contributed by atoms with Crippen molar-refractivity contribution in [3.05, 3.63) is 29.3 Å². The summed E-state index contributed by atoms with van der Waals surface area (Å²) in [6.45, 7) is 6.88. The average Bonchev–Trinajstić information content (AvgIpc) is 2.45. The molecule has 3 heteroatoms. The Morgan fingerprint density at radius 2 is 2.05 bits per heavy atom. The van der Waals surface area contributed by atoms with E-state index in [1.165, 1.54) is 17.5 Å². The molecule has 118 valence electrons. The van der Waals surface area contributed by atoms with Crippen LogP contribution in [0.2, 0.25) is 0 Å². The molecule has 1 aromatic carbocycles. The van der Waals surface area contributed by atoms with E-state index in [2.05, 4.69) is 44.9 Å². The molecule has 3 nitrogen and oxygen atoms in total. The van der Waals surface area contributed by atoms with Gasteiger partial charge in [0.05, 0.1) is 7.11 Å². The normalized spacial score (nSPS) is 23.2. The van der Waals surface area contributed by atoms with Gasteiger partial charge in [-0.15, -0.1) is 0 Å². The van der Waals surface area contributed by atoms with Crippen molar-refractivity contribution in [1.82, 2.24) is 4.90 Å². The van der Waals surface area contributed by atoms with E-state index in [0.717, 1.165) is 24.5 Å². The molecule has 3 atom stereocenters. The molecule has 1 aliphatic carbocycles. The van der Waals surface area contributed by atoms with E-state index in [1.54, 1.807) is 7.11 Å². The highest BCUT2D eigenvalue weighted by molar-refractivity contribution is 5.40. The predicted molar refractivity (Wildman–Crippen MR) is 88.7 cm³/mol. The molecule has 2 N–H and O–H groups in total. The summed E-state index contributed by atoms with van der Waals surface area (Å²) >= 11 is 0. The van der Waals surface area contributed by atoms with Crippen molar-refractivity contribution in [2.45, 2.75) is 58.2 Å². The van der Waals surface area contributed by atoms with Crippen LogP contribution in [0.5, 0.6) is 5.75 Å². The highest BCUT2D eigenvalue weighted by Gasteiger charge is 2.31. The number of methoxy groups -OCH3 is 1. The molecular formula is C18H30N2O. The van der Waals surface area contributed by atoms with E-state index in [0.29, 0.717) is 12.1 Å². The minimum absolute atomic E-state index is 0.0965. The van der Waals surface area contributed by atoms with Gasteiger partial charge in [0.1, 0.15) is 5.75 Å². The van der Waals surface area contributed by atoms with E-state index in [1.807, 2.05) is 6.07 Å². The SMILES string of the molecule is COc1ccc2c(c1)CCC(N(C)C(C)CC(C)C)C2N. The first kappa shape index (κ1) is 16.3. The largest absolute Gasteiger partial charge is 0.497 e. The summed E-state index contributed by atoms with van der Waals surface area (Å²) in [5.41, 5.74) is 9.21. The van der Waals surface area contributed by atoms with E-state index < -0.39 is 0 Å². The zero-order chi connectivity index (χ0) is 15.6. The van der Waals surface area contributed by atoms with Gasteiger partial charge in [-0.1, -0.05) is 19.9 Å². The van der Waals surface area contributed by atoms with Crippen LogP contribution in [0.25, 0.3) is 0 Å². The standard InChI is InChI=1S/C18H30N2O/c1-12(2)10-13(3)20(4)17-9-6-14-11-15(21-5)7-8-16(14)18(17)19/h7-8,11-13,17-18H,6,9-10,19H2,1-5H3. The van der Waals surface area contributed by atoms with Crippen LogP contribution in [0, 0.1) is 5.92 Å². The number of nitrogens with zero attached hydrogens (tertiary/aromatic N) is 1. The third kappa shape index (κ3) is 3.58. The fourth-order valence-corrected chi connectivity index (χ4v) is 3.57. The molecule has 0 aromatic heterocycles. The van der Waals surface area contributed by atoms with Gasteiger partial charge < -0.3 is 10.5 Å². The van der Waals surface area contributed by atoms with Gasteiger partial charge in [-0.3, -0.25) is 4.90 Å². The first-order chi connectivity index (χ1) is 9.93. The summed E-state index contributed by atoms with van der Waals surface area (Å²) < 4.78 is 5.32. The molecule has 0 saturated heterocycles. The van der Waals surface area contributed by atoms with Crippen LogP contribution in [0.3, 0.4) is 0 Å². The van der Waals surface area contributed by atoms with Crippen molar-refractivity contribution >= 4 is 0 Å². The zero-order valence-electron chi connectivity index (χ0n) is 14.1. The lowest BCUT2D eigenvalue weighted by molar-refractivity contribution is 0.130. The van der Waals surface area contributed by atoms with Crippen LogP contribution in [0.4, 0.5) is 0 Å². The van der Waals surface area contributed by atoms with Crippen molar-refractivity contribution in [1.29, 1.82) is 0 Å². The van der Waals surface area contributed by atoms with Gasteiger partial charge in [0.25, 0.3) is 0 Å². The van der Waals surface area contributed by atoms with Crippen LogP contribution in [-0.4, -0.2) is 31.1 Å². The lowest BCUT2D eigenvalue weighted by atomic mass is 9.83. The molecule has 21 heavy (non-hydrogen) atoms. The summed E-state index contributed by atoms with van der Waals surface area (Å²) in [7, 11) is 3.95. The number of nitrogens with two attached hydrogens (primary N) is 1. The summed E-state index contributed by atoms with van der Waals surface area (Å²) in [4.78, 5) is 2.48. The Kier molecular flexibility index (Phi) is 5.28. The highest BCUT2D eigenvalue weighted by Crippen LogP contribution is 2.34. The number of hydrogen-bond acceptors (Lipinski definition) is 3. The number of likely N-dealkylation sites (N-methyl/N-ethyl adjacent to an activating group) is 1. The van der Waals surface area contributed by atoms with E-state index >= 15 is 0 Å². The van der Waals surface area contributed by atoms with Gasteiger partial charge in [-0.2, -0.15) is 0 Å². The molecule has 3 unspecified atom stereocenters. The van der Waals surface area contributed by atoms with Gasteiger partial charge in [-0.25, -0.2) is 0 Å². The van der Waals surface area contributed by atoms with Crippen molar-refractivity contribution in [2.75, 3.05) is 14.2 Å². The molecule has 1 aromatic rings. The van der Waals surface area contributed by atoms with Crippen molar-refractivity contribution in [3.63, 3.8) is 0 Å². The van der Waals surface area contributed by atoms with Crippen molar-refractivity contribution < 1.29 is 4.74 Å². The Morgan fingerprint density at radius 1 is 1.33 bits per heavy atom. The Balaban J connectivity index is 2.14. The van der Waals surface area contributed by atoms with E-state index in [9.17, 15) is 0 Å². The predicted octanol–water partition coefficient (Wildman–Crippen LogP) is 3.38. The summed E-state index contributed by atoms with van der Waals surface area (Å²) in [5, 5.41) is 0. The second-order valence-electron chi connectivity index (χ2n) is 6.84. The summed E-state index contributed by atoms with van der Waals surface area (Å²) in [5.74, 6) is 1.65. The van der Waals surface area contributed by atoms with Gasteiger partial charge in [0.2, 0.25) is 0 Å². The average molecular weight is 290 g/mol. The topological polar surface area (TPSA) is 38.5 Å². The Labute approximate surface area is 129 Å². The highest BCUT2D eigenvalue weighted by atomic mass is 16.5. The second kappa shape index (κ2) is 6.80. The molecular weight excluding hydrogens is 260 g/mol. The van der Waals surface area contributed by atoms with E-state index in [-0.39, 0.29) is 6.04 Å². The fraction of sp³-hybridized carbons (Fsp3) is 0.667. The molecule has 0 fully saturated rings. The smallest absolute Gasteiger partial charge is 0.119 e. The van der Waals surface area contributed by atoms with Gasteiger partial charge in [-0.05, 0) is 62.4 Å². The first-order valence-electron chi connectivity index (χ1n) is 8.08. The van der Waals surface area contributed by atoms with E-state index in [4.69, 9.17) is 10.5 Å². The first-order valence-corrected chi connectivity index (χ1v) is 8.08. The van der Waals surface area contributed by atoms with Crippen molar-refractivity contribution in [3.8, 4) is 5.75 Å². The maximum atomic E-state index is 6.57. The molecule has 2 rings (SSSR count). The second-order valence-corrected chi connectivity index (χ2v) is 6.84. The van der Waals surface area contributed by atoms with Crippen molar-refractivity contribution in [2.24, 2.45) is 11.7 Å². The number of hydrogen-bond donors (Lipinski definition) is 1. The number of benzene rings is 1. The Hall–Kier alpha value is -1.06. The zero-order valence-corrected chi connectivity index (χ0v) is 14.1. The lowest BCUT2D eigenvalue weighted by Crippen LogP contribution is -2.47. The Bertz CT molecular complexity index is 472. The molecule has 0 amide bonds. The van der Waals surface area contributed by atoms with Crippen LogP contribution in [0.15, 0.2) is 18.2 Å². The molecule has 0 heterocycles. The number of rotatable bonds is 5. The molecule has 0 radical (unpaired) electrons. The quantitative estimate of drug-likeness (QED) is 0.903. The Morgan fingerprint density at radius 3 is 2.67 bits per heavy atom. The third-order valence-corrected chi connectivity index (χ3v) is 4.86. The monoisotopic (exact) mass is 290 g/mol. The molecule has 0 aliphatic heterocycles. The molecule has 0 spiro atoms. The molecule has 0 bridgehead atoms. The maximum absolute atomic E-state index is 6.57. The number of ether oxygens (including phenoxy) is 1. The number of fused-ring (bicyclic) bond motifs is 1. The maximum Gasteiger partial charge on any atom is 0.119 e. The van der Waals surface area contributed by atoms with Crippen LogP contribution in [-0.2, 0) is 6.42 Å². The summed E-state index contributed by atoms with van der Waals surface area (Å²) in [6.07, 6.45) is 3.43. The van der Waals surface area contributed by atoms with Crippen LogP contribution >= 0.6 is 0 Å². The minimum atomic E-state index is 0.0965. The third-order valence-electron chi connectivity index (χ3n) is 4.86. The van der Waals surface area contributed by atoms with Crippen LogP contribution < -0.4 is 10.5 Å². The van der Waals surface area contributed by atoms with Gasteiger partial charge in [0, 0.05) is 18.1 Å². The van der Waals surface area contributed by atoms with Gasteiger partial charge >= 0.3 is 0 Å². The molecule has 0 saturated carbocycles. The number of aryl methyl sites for hydroxylation is 1. The lowest BCUT2D eigenvalue weighted by Gasteiger charge is -2.41. The fourth-order valence-electron chi connectivity index (χ4n) is 3.57. The van der Waals surface area contributed by atoms with Crippen LogP contribution in [0.1, 0.15) is 50.8 Å².